The van der Waals surface area contributed by atoms with Crippen molar-refractivity contribution in [2.45, 2.75) is 46.9 Å². The molecule has 0 unspecified atom stereocenters. The molecule has 0 aliphatic carbocycles. The summed E-state index contributed by atoms with van der Waals surface area (Å²) < 4.78 is 0. The maximum atomic E-state index is 6.17. The fourth-order valence-corrected chi connectivity index (χ4v) is 4.38. The first-order chi connectivity index (χ1) is 5.27. The summed E-state index contributed by atoms with van der Waals surface area (Å²) in [5, 5.41) is 2.23. The maximum absolute atomic E-state index is 6.17. The van der Waals surface area contributed by atoms with Crippen LogP contribution in [0.2, 0.25) is 0 Å². The van der Waals surface area contributed by atoms with Crippen LogP contribution in [-0.4, -0.2) is 21.3 Å². The quantitative estimate of drug-likeness (QED) is 0.554. The number of hydrogen-bond donors (Lipinski definition) is 0. The van der Waals surface area contributed by atoms with E-state index in [1.807, 2.05) is 11.8 Å². The first kappa shape index (κ1) is 8.52. The zero-order valence-electron chi connectivity index (χ0n) is 6.30. The van der Waals surface area contributed by atoms with E-state index < -0.39 is 0 Å². The molecule has 0 aromatic carbocycles. The molecule has 2 heterocycles. The van der Waals surface area contributed by atoms with Crippen molar-refractivity contribution in [2.24, 2.45) is 0 Å². The predicted octanol–water partition coefficient (Wildman–Crippen LogP) is 3.26. The molecule has 0 aromatic rings. The zero-order valence-corrected chi connectivity index (χ0v) is 8.63. The Kier molecular flexibility index (Phi) is 2.60. The van der Waals surface area contributed by atoms with Gasteiger partial charge in [-0.3, -0.25) is 0 Å². The largest absolute Gasteiger partial charge is 0.152 e. The summed E-state index contributed by atoms with van der Waals surface area (Å²) in [7, 11) is 0. The molecule has 2 fully saturated rings. The Morgan fingerprint density at radius 2 is 1.27 bits per heavy atom. The van der Waals surface area contributed by atoms with Gasteiger partial charge in [-0.1, -0.05) is 0 Å². The summed E-state index contributed by atoms with van der Waals surface area (Å²) in [5.41, 5.74) is 0. The number of rotatable bonds is 0. The van der Waals surface area contributed by atoms with E-state index in [-0.39, 0.29) is 0 Å². The topological polar surface area (TPSA) is 0 Å². The Morgan fingerprint density at radius 3 is 1.73 bits per heavy atom. The molecular formula is C8H12Cl2S. The molecule has 2 aliphatic heterocycles. The van der Waals surface area contributed by atoms with Crippen molar-refractivity contribution >= 4 is 35.0 Å². The predicted molar refractivity (Wildman–Crippen MR) is 52.9 cm³/mol. The molecule has 0 nitrogen and oxygen atoms in total. The van der Waals surface area contributed by atoms with E-state index in [4.69, 9.17) is 23.2 Å². The summed E-state index contributed by atoms with van der Waals surface area (Å²) in [4.78, 5) is 0. The van der Waals surface area contributed by atoms with Crippen LogP contribution in [-0.2, 0) is 0 Å². The number of hydrogen-bond acceptors (Lipinski definition) is 1. The van der Waals surface area contributed by atoms with Gasteiger partial charge in [-0.15, -0.1) is 23.2 Å². The molecule has 2 rings (SSSR count). The second-order valence-electron chi connectivity index (χ2n) is 3.40. The van der Waals surface area contributed by atoms with Crippen molar-refractivity contribution in [1.82, 2.24) is 0 Å². The molecule has 3 heteroatoms. The minimum absolute atomic E-state index is 0.417. The van der Waals surface area contributed by atoms with Gasteiger partial charge >= 0.3 is 0 Å². The van der Waals surface area contributed by atoms with Gasteiger partial charge in [-0.25, -0.2) is 0 Å². The highest BCUT2D eigenvalue weighted by atomic mass is 35.5. The van der Waals surface area contributed by atoms with Crippen LogP contribution in [0.5, 0.6) is 0 Å². The van der Waals surface area contributed by atoms with E-state index in [2.05, 4.69) is 0 Å². The van der Waals surface area contributed by atoms with Gasteiger partial charge in [0, 0.05) is 21.3 Å². The smallest absolute Gasteiger partial charge is 0.0455 e. The molecule has 0 radical (unpaired) electrons. The van der Waals surface area contributed by atoms with Crippen LogP contribution in [0, 0.1) is 0 Å². The van der Waals surface area contributed by atoms with Crippen LogP contribution >= 0.6 is 35.0 Å². The molecule has 2 aliphatic rings. The maximum Gasteiger partial charge on any atom is 0.0455 e. The van der Waals surface area contributed by atoms with Crippen LogP contribution in [0.3, 0.4) is 0 Å². The van der Waals surface area contributed by atoms with Gasteiger partial charge in [-0.05, 0) is 25.7 Å². The summed E-state index contributed by atoms with van der Waals surface area (Å²) in [6, 6.07) is 0. The second kappa shape index (κ2) is 3.35. The Hall–Kier alpha value is 0.930. The van der Waals surface area contributed by atoms with E-state index in [0.29, 0.717) is 21.3 Å². The van der Waals surface area contributed by atoms with Gasteiger partial charge in [0.25, 0.3) is 0 Å². The third kappa shape index (κ3) is 1.66. The normalized spacial score (nSPS) is 50.7. The molecule has 2 bridgehead atoms. The van der Waals surface area contributed by atoms with Crippen molar-refractivity contribution in [2.75, 3.05) is 0 Å². The van der Waals surface area contributed by atoms with Crippen molar-refractivity contribution < 1.29 is 0 Å². The van der Waals surface area contributed by atoms with Crippen LogP contribution in [0.15, 0.2) is 0 Å². The van der Waals surface area contributed by atoms with E-state index in [9.17, 15) is 0 Å². The lowest BCUT2D eigenvalue weighted by molar-refractivity contribution is 0.501. The van der Waals surface area contributed by atoms with Gasteiger partial charge in [0.15, 0.2) is 0 Å². The lowest BCUT2D eigenvalue weighted by atomic mass is 9.98. The lowest BCUT2D eigenvalue weighted by Gasteiger charge is -2.39. The lowest BCUT2D eigenvalue weighted by Crippen LogP contribution is -2.37. The average molecular weight is 211 g/mol. The molecule has 0 aromatic heterocycles. The van der Waals surface area contributed by atoms with E-state index in [1.54, 1.807) is 0 Å². The SMILES string of the molecule is Cl[C@H]1CC[C@@H]2S[C@H]1CC[C@@H]2Cl. The van der Waals surface area contributed by atoms with Crippen molar-refractivity contribution in [1.29, 1.82) is 0 Å². The van der Waals surface area contributed by atoms with E-state index in [0.717, 1.165) is 0 Å². The molecule has 2 saturated heterocycles. The van der Waals surface area contributed by atoms with Crippen LogP contribution in [0.4, 0.5) is 0 Å². The Bertz CT molecular complexity index is 135. The van der Waals surface area contributed by atoms with E-state index in [1.165, 1.54) is 25.7 Å². The number of thioether (sulfide) groups is 1. The number of alkyl halides is 2. The van der Waals surface area contributed by atoms with E-state index >= 15 is 0 Å². The number of fused-ring (bicyclic) bond motifs is 2. The standard InChI is InChI=1S/C8H12Cl2S/c9-5-1-3-7-6(10)2-4-8(5)11-7/h5-8H,1-4H2/t5-,6-,7-,8-/m0/s1. The highest BCUT2D eigenvalue weighted by Crippen LogP contribution is 2.45. The molecule has 64 valence electrons. The molecule has 0 amide bonds. The fraction of sp³-hybridized carbons (Fsp3) is 1.00. The van der Waals surface area contributed by atoms with Crippen molar-refractivity contribution in [3.05, 3.63) is 0 Å². The van der Waals surface area contributed by atoms with Gasteiger partial charge in [0.2, 0.25) is 0 Å². The monoisotopic (exact) mass is 210 g/mol. The van der Waals surface area contributed by atoms with Crippen molar-refractivity contribution in [3.63, 3.8) is 0 Å². The van der Waals surface area contributed by atoms with Crippen LogP contribution in [0.1, 0.15) is 25.7 Å². The molecule has 4 atom stereocenters. The summed E-state index contributed by atoms with van der Waals surface area (Å²) in [6.45, 7) is 0. The molecular weight excluding hydrogens is 199 g/mol. The average Bonchev–Trinajstić information content (AvgIpc) is 2.02. The summed E-state index contributed by atoms with van der Waals surface area (Å²) >= 11 is 14.4. The minimum Gasteiger partial charge on any atom is -0.152 e. The van der Waals surface area contributed by atoms with Gasteiger partial charge < -0.3 is 0 Å². The van der Waals surface area contributed by atoms with Crippen LogP contribution in [0.25, 0.3) is 0 Å². The van der Waals surface area contributed by atoms with Gasteiger partial charge in [-0.2, -0.15) is 11.8 Å². The Morgan fingerprint density at radius 1 is 0.818 bits per heavy atom. The molecule has 11 heavy (non-hydrogen) atoms. The Labute approximate surface area is 82.0 Å². The molecule has 0 N–H and O–H groups in total. The third-order valence-corrected chi connectivity index (χ3v) is 5.78. The second-order valence-corrected chi connectivity index (χ2v) is 6.00. The third-order valence-electron chi connectivity index (χ3n) is 2.61. The zero-order chi connectivity index (χ0) is 7.84. The van der Waals surface area contributed by atoms with Crippen LogP contribution < -0.4 is 0 Å². The highest BCUT2D eigenvalue weighted by molar-refractivity contribution is 8.00. The number of halogens is 2. The first-order valence-electron chi connectivity index (χ1n) is 4.21. The van der Waals surface area contributed by atoms with Crippen molar-refractivity contribution in [3.8, 4) is 0 Å². The van der Waals surface area contributed by atoms with Gasteiger partial charge in [0.1, 0.15) is 0 Å². The Balaban J connectivity index is 2.02. The summed E-state index contributed by atoms with van der Waals surface area (Å²) in [6.07, 6.45) is 4.80. The van der Waals surface area contributed by atoms with Gasteiger partial charge in [0.05, 0.1) is 0 Å². The fourth-order valence-electron chi connectivity index (χ4n) is 1.91. The molecule has 0 saturated carbocycles. The summed E-state index contributed by atoms with van der Waals surface area (Å²) in [5.74, 6) is 0. The highest BCUT2D eigenvalue weighted by Gasteiger charge is 2.37. The molecule has 0 spiro atoms. The first-order valence-corrected chi connectivity index (χ1v) is 6.02. The minimum atomic E-state index is 0.417.